The molecule has 1 aromatic carbocycles. The van der Waals surface area contributed by atoms with E-state index in [1.807, 2.05) is 12.1 Å². The highest BCUT2D eigenvalue weighted by Gasteiger charge is 2.08. The second-order valence-electron chi connectivity index (χ2n) is 3.83. The first-order chi connectivity index (χ1) is 7.11. The van der Waals surface area contributed by atoms with Crippen LogP contribution in [0.25, 0.3) is 0 Å². The Labute approximate surface area is 90.5 Å². The standard InChI is InChI=1S/C12H18N2O/c1-9-5-2-3-6-10(9)7-4-8-11(13)12(14)15/h2-3,5-6,11H,4,7-8,13H2,1H3,(H2,14,15)/t11-/m0/s1. The summed E-state index contributed by atoms with van der Waals surface area (Å²) in [5, 5.41) is 0. The summed E-state index contributed by atoms with van der Waals surface area (Å²) < 4.78 is 0. The fourth-order valence-electron chi connectivity index (χ4n) is 1.55. The maximum atomic E-state index is 10.7. The van der Waals surface area contributed by atoms with Gasteiger partial charge in [-0.2, -0.15) is 0 Å². The van der Waals surface area contributed by atoms with E-state index in [0.717, 1.165) is 12.8 Å². The third kappa shape index (κ3) is 3.72. The molecule has 1 rings (SSSR count). The number of primary amides is 1. The van der Waals surface area contributed by atoms with Crippen LogP contribution < -0.4 is 11.5 Å². The predicted octanol–water partition coefficient (Wildman–Crippen LogP) is 1.13. The first kappa shape index (κ1) is 11.7. The van der Waals surface area contributed by atoms with Crippen molar-refractivity contribution in [3.05, 3.63) is 35.4 Å². The zero-order valence-electron chi connectivity index (χ0n) is 9.07. The highest BCUT2D eigenvalue weighted by Crippen LogP contribution is 2.11. The molecule has 4 N–H and O–H groups in total. The van der Waals surface area contributed by atoms with Gasteiger partial charge in [0.05, 0.1) is 6.04 Å². The molecule has 0 aliphatic carbocycles. The summed E-state index contributed by atoms with van der Waals surface area (Å²) in [5.74, 6) is -0.417. The lowest BCUT2D eigenvalue weighted by molar-refractivity contribution is -0.119. The van der Waals surface area contributed by atoms with Crippen LogP contribution >= 0.6 is 0 Å². The third-order valence-electron chi connectivity index (χ3n) is 2.59. The van der Waals surface area contributed by atoms with Crippen LogP contribution in [-0.4, -0.2) is 11.9 Å². The molecule has 3 nitrogen and oxygen atoms in total. The minimum absolute atomic E-state index is 0.417. The molecule has 0 aliphatic heterocycles. The van der Waals surface area contributed by atoms with Crippen molar-refractivity contribution in [3.8, 4) is 0 Å². The fraction of sp³-hybridized carbons (Fsp3) is 0.417. The molecular weight excluding hydrogens is 188 g/mol. The van der Waals surface area contributed by atoms with Gasteiger partial charge in [-0.25, -0.2) is 0 Å². The summed E-state index contributed by atoms with van der Waals surface area (Å²) in [6, 6.07) is 7.73. The van der Waals surface area contributed by atoms with E-state index < -0.39 is 11.9 Å². The molecule has 1 atom stereocenters. The molecule has 3 heteroatoms. The van der Waals surface area contributed by atoms with E-state index in [1.54, 1.807) is 0 Å². The molecule has 15 heavy (non-hydrogen) atoms. The number of carbonyl (C=O) groups is 1. The van der Waals surface area contributed by atoms with Crippen molar-refractivity contribution in [3.63, 3.8) is 0 Å². The van der Waals surface area contributed by atoms with Crippen LogP contribution in [0, 0.1) is 6.92 Å². The predicted molar refractivity (Wildman–Crippen MR) is 61.3 cm³/mol. The molecule has 0 aromatic heterocycles. The highest BCUT2D eigenvalue weighted by atomic mass is 16.1. The number of rotatable bonds is 5. The molecule has 0 saturated heterocycles. The van der Waals surface area contributed by atoms with Gasteiger partial charge in [-0.3, -0.25) is 4.79 Å². The van der Waals surface area contributed by atoms with Crippen LogP contribution in [0.15, 0.2) is 24.3 Å². The van der Waals surface area contributed by atoms with Crippen LogP contribution in [0.3, 0.4) is 0 Å². The quantitative estimate of drug-likeness (QED) is 0.758. The summed E-state index contributed by atoms with van der Waals surface area (Å²) in [4.78, 5) is 10.7. The van der Waals surface area contributed by atoms with Gasteiger partial charge in [-0.1, -0.05) is 24.3 Å². The zero-order chi connectivity index (χ0) is 11.3. The Bertz CT molecular complexity index is 336. The topological polar surface area (TPSA) is 69.1 Å². The van der Waals surface area contributed by atoms with Crippen molar-refractivity contribution in [1.82, 2.24) is 0 Å². The van der Waals surface area contributed by atoms with Gasteiger partial charge < -0.3 is 11.5 Å². The number of carbonyl (C=O) groups excluding carboxylic acids is 1. The van der Waals surface area contributed by atoms with Gasteiger partial charge >= 0.3 is 0 Å². The lowest BCUT2D eigenvalue weighted by atomic mass is 10.0. The number of hydrogen-bond acceptors (Lipinski definition) is 2. The monoisotopic (exact) mass is 206 g/mol. The van der Waals surface area contributed by atoms with E-state index in [2.05, 4.69) is 19.1 Å². The molecule has 0 fully saturated rings. The number of aryl methyl sites for hydroxylation is 2. The van der Waals surface area contributed by atoms with Crippen molar-refractivity contribution in [2.75, 3.05) is 0 Å². The molecule has 0 radical (unpaired) electrons. The van der Waals surface area contributed by atoms with E-state index in [4.69, 9.17) is 11.5 Å². The second kappa shape index (κ2) is 5.51. The van der Waals surface area contributed by atoms with Gasteiger partial charge in [-0.15, -0.1) is 0 Å². The van der Waals surface area contributed by atoms with Gasteiger partial charge in [0.2, 0.25) is 5.91 Å². The Hall–Kier alpha value is -1.35. The van der Waals surface area contributed by atoms with Gasteiger partial charge in [0.25, 0.3) is 0 Å². The Morgan fingerprint density at radius 3 is 2.67 bits per heavy atom. The SMILES string of the molecule is Cc1ccccc1CCC[C@H](N)C(N)=O. The third-order valence-corrected chi connectivity index (χ3v) is 2.59. The van der Waals surface area contributed by atoms with Crippen LogP contribution in [0.1, 0.15) is 24.0 Å². The van der Waals surface area contributed by atoms with E-state index in [1.165, 1.54) is 11.1 Å². The summed E-state index contributed by atoms with van der Waals surface area (Å²) >= 11 is 0. The summed E-state index contributed by atoms with van der Waals surface area (Å²) in [5.41, 5.74) is 13.2. The van der Waals surface area contributed by atoms with Crippen LogP contribution in [-0.2, 0) is 11.2 Å². The van der Waals surface area contributed by atoms with E-state index in [-0.39, 0.29) is 0 Å². The molecule has 1 aromatic rings. The number of benzene rings is 1. The number of hydrogen-bond donors (Lipinski definition) is 2. The van der Waals surface area contributed by atoms with Crippen molar-refractivity contribution in [2.24, 2.45) is 11.5 Å². The Kier molecular flexibility index (Phi) is 4.31. The maximum absolute atomic E-state index is 10.7. The number of amides is 1. The van der Waals surface area contributed by atoms with Crippen molar-refractivity contribution < 1.29 is 4.79 Å². The average molecular weight is 206 g/mol. The molecule has 0 unspecified atom stereocenters. The van der Waals surface area contributed by atoms with E-state index >= 15 is 0 Å². The van der Waals surface area contributed by atoms with E-state index in [0.29, 0.717) is 6.42 Å². The largest absolute Gasteiger partial charge is 0.368 e. The molecule has 82 valence electrons. The first-order valence-electron chi connectivity index (χ1n) is 5.20. The minimum Gasteiger partial charge on any atom is -0.368 e. The zero-order valence-corrected chi connectivity index (χ0v) is 9.07. The summed E-state index contributed by atoms with van der Waals surface area (Å²) in [7, 11) is 0. The molecular formula is C12H18N2O. The van der Waals surface area contributed by atoms with E-state index in [9.17, 15) is 4.79 Å². The first-order valence-corrected chi connectivity index (χ1v) is 5.20. The lowest BCUT2D eigenvalue weighted by Gasteiger charge is -2.08. The van der Waals surface area contributed by atoms with Crippen LogP contribution in [0.2, 0.25) is 0 Å². The molecule has 1 amide bonds. The lowest BCUT2D eigenvalue weighted by Crippen LogP contribution is -2.36. The smallest absolute Gasteiger partial charge is 0.234 e. The van der Waals surface area contributed by atoms with Gasteiger partial charge in [-0.05, 0) is 37.3 Å². The van der Waals surface area contributed by atoms with Gasteiger partial charge in [0.15, 0.2) is 0 Å². The summed E-state index contributed by atoms with van der Waals surface area (Å²) in [6.45, 7) is 2.09. The van der Waals surface area contributed by atoms with Crippen LogP contribution in [0.4, 0.5) is 0 Å². The Morgan fingerprint density at radius 1 is 1.40 bits per heavy atom. The molecule has 0 aliphatic rings. The minimum atomic E-state index is -0.506. The second-order valence-corrected chi connectivity index (χ2v) is 3.83. The molecule has 0 heterocycles. The van der Waals surface area contributed by atoms with Gasteiger partial charge in [0, 0.05) is 0 Å². The molecule has 0 bridgehead atoms. The fourth-order valence-corrected chi connectivity index (χ4v) is 1.55. The molecule has 0 spiro atoms. The van der Waals surface area contributed by atoms with Crippen molar-refractivity contribution in [1.29, 1.82) is 0 Å². The average Bonchev–Trinajstić information content (AvgIpc) is 2.20. The number of nitrogens with two attached hydrogens (primary N) is 2. The molecule has 0 saturated carbocycles. The normalized spacial score (nSPS) is 12.4. The Morgan fingerprint density at radius 2 is 2.07 bits per heavy atom. The highest BCUT2D eigenvalue weighted by molar-refractivity contribution is 5.79. The van der Waals surface area contributed by atoms with Crippen molar-refractivity contribution >= 4 is 5.91 Å². The van der Waals surface area contributed by atoms with Crippen molar-refractivity contribution in [2.45, 2.75) is 32.2 Å². The van der Waals surface area contributed by atoms with Crippen LogP contribution in [0.5, 0.6) is 0 Å². The van der Waals surface area contributed by atoms with Gasteiger partial charge in [0.1, 0.15) is 0 Å². The Balaban J connectivity index is 2.38. The summed E-state index contributed by atoms with van der Waals surface area (Å²) in [6.07, 6.45) is 2.51. The maximum Gasteiger partial charge on any atom is 0.234 e.